The minimum atomic E-state index is 0.395. The van der Waals surface area contributed by atoms with E-state index in [0.717, 1.165) is 5.92 Å². The zero-order valence-electron chi connectivity index (χ0n) is 9.21. The molecule has 0 saturated carbocycles. The van der Waals surface area contributed by atoms with Crippen LogP contribution in [0.3, 0.4) is 0 Å². The van der Waals surface area contributed by atoms with Crippen LogP contribution in [-0.4, -0.2) is 43.7 Å². The first-order valence-corrected chi connectivity index (χ1v) is 5.95. The van der Waals surface area contributed by atoms with Gasteiger partial charge in [-0.15, -0.1) is 0 Å². The second-order valence-electron chi connectivity index (χ2n) is 4.92. The summed E-state index contributed by atoms with van der Waals surface area (Å²) in [7, 11) is 2.20. The van der Waals surface area contributed by atoms with Crippen molar-refractivity contribution in [1.29, 1.82) is 0 Å². The summed E-state index contributed by atoms with van der Waals surface area (Å²) in [5, 5.41) is 3.53. The van der Waals surface area contributed by atoms with Crippen LogP contribution >= 0.6 is 0 Å². The van der Waals surface area contributed by atoms with Gasteiger partial charge in [-0.2, -0.15) is 0 Å². The fourth-order valence-corrected chi connectivity index (χ4v) is 2.78. The summed E-state index contributed by atoms with van der Waals surface area (Å²) in [6, 6.07) is 0.995. The second-order valence-corrected chi connectivity index (χ2v) is 4.92. The molecule has 3 nitrogen and oxygen atoms in total. The lowest BCUT2D eigenvalue weighted by molar-refractivity contribution is 0.185. The van der Waals surface area contributed by atoms with Gasteiger partial charge in [0.15, 0.2) is 0 Å². The fourth-order valence-electron chi connectivity index (χ4n) is 2.78. The smallest absolute Gasteiger partial charge is 0.0224 e. The first-order valence-electron chi connectivity index (χ1n) is 5.95. The van der Waals surface area contributed by atoms with Crippen molar-refractivity contribution >= 4 is 0 Å². The van der Waals surface area contributed by atoms with Gasteiger partial charge < -0.3 is 16.0 Å². The van der Waals surface area contributed by atoms with Gasteiger partial charge in [0.2, 0.25) is 0 Å². The fraction of sp³-hybridized carbons (Fsp3) is 1.00. The lowest BCUT2D eigenvalue weighted by Crippen LogP contribution is -2.49. The molecule has 3 heteroatoms. The van der Waals surface area contributed by atoms with Gasteiger partial charge in [-0.3, -0.25) is 0 Å². The van der Waals surface area contributed by atoms with Gasteiger partial charge in [0, 0.05) is 12.1 Å². The third-order valence-corrected chi connectivity index (χ3v) is 3.87. The number of likely N-dealkylation sites (tertiary alicyclic amines) is 1. The van der Waals surface area contributed by atoms with Crippen LogP contribution in [0.25, 0.3) is 0 Å². The van der Waals surface area contributed by atoms with Crippen molar-refractivity contribution < 1.29 is 0 Å². The molecule has 0 amide bonds. The molecular formula is C11H23N3. The summed E-state index contributed by atoms with van der Waals surface area (Å²) >= 11 is 0. The highest BCUT2D eigenvalue weighted by Crippen LogP contribution is 2.23. The molecule has 2 unspecified atom stereocenters. The van der Waals surface area contributed by atoms with E-state index in [9.17, 15) is 0 Å². The molecule has 0 radical (unpaired) electrons. The van der Waals surface area contributed by atoms with Gasteiger partial charge in [-0.1, -0.05) is 0 Å². The Morgan fingerprint density at radius 3 is 2.57 bits per heavy atom. The lowest BCUT2D eigenvalue weighted by Gasteiger charge is -2.35. The van der Waals surface area contributed by atoms with Gasteiger partial charge in [0.05, 0.1) is 0 Å². The predicted octanol–water partition coefficient (Wildman–Crippen LogP) is 0.408. The standard InChI is InChI=1S/C11H23N3/c1-14-7-4-9(5-8-14)11(12)10-3-2-6-13-10/h9-11,13H,2-8,12H2,1H3. The Bertz CT molecular complexity index is 169. The second kappa shape index (κ2) is 4.60. The average Bonchev–Trinajstić information content (AvgIpc) is 2.71. The topological polar surface area (TPSA) is 41.3 Å². The van der Waals surface area contributed by atoms with E-state index >= 15 is 0 Å². The Hall–Kier alpha value is -0.120. The Kier molecular flexibility index (Phi) is 3.42. The maximum Gasteiger partial charge on any atom is 0.0224 e. The van der Waals surface area contributed by atoms with E-state index in [2.05, 4.69) is 17.3 Å². The van der Waals surface area contributed by atoms with E-state index in [1.807, 2.05) is 0 Å². The molecule has 2 heterocycles. The number of hydrogen-bond donors (Lipinski definition) is 2. The van der Waals surface area contributed by atoms with E-state index in [0.29, 0.717) is 12.1 Å². The van der Waals surface area contributed by atoms with Crippen molar-refractivity contribution in [3.8, 4) is 0 Å². The summed E-state index contributed by atoms with van der Waals surface area (Å²) < 4.78 is 0. The summed E-state index contributed by atoms with van der Waals surface area (Å²) in [5.41, 5.74) is 6.32. The highest BCUT2D eigenvalue weighted by molar-refractivity contribution is 4.90. The Balaban J connectivity index is 1.82. The number of nitrogens with one attached hydrogen (secondary N) is 1. The van der Waals surface area contributed by atoms with Crippen molar-refractivity contribution in [1.82, 2.24) is 10.2 Å². The zero-order valence-corrected chi connectivity index (χ0v) is 9.21. The summed E-state index contributed by atoms with van der Waals surface area (Å²) in [6.45, 7) is 3.63. The molecule has 2 atom stereocenters. The normalized spacial score (nSPS) is 33.4. The van der Waals surface area contributed by atoms with Crippen molar-refractivity contribution in [2.45, 2.75) is 37.8 Å². The maximum atomic E-state index is 6.32. The molecule has 14 heavy (non-hydrogen) atoms. The molecule has 0 spiro atoms. The Morgan fingerprint density at radius 2 is 2.00 bits per heavy atom. The van der Waals surface area contributed by atoms with Gasteiger partial charge in [0.25, 0.3) is 0 Å². The van der Waals surface area contributed by atoms with Gasteiger partial charge in [-0.25, -0.2) is 0 Å². The highest BCUT2D eigenvalue weighted by atomic mass is 15.1. The number of rotatable bonds is 2. The van der Waals surface area contributed by atoms with Crippen LogP contribution in [-0.2, 0) is 0 Å². The summed E-state index contributed by atoms with van der Waals surface area (Å²) in [6.07, 6.45) is 5.17. The maximum absolute atomic E-state index is 6.32. The van der Waals surface area contributed by atoms with Gasteiger partial charge in [0.1, 0.15) is 0 Å². The molecule has 0 aromatic heterocycles. The van der Waals surface area contributed by atoms with Crippen LogP contribution in [0, 0.1) is 5.92 Å². The number of nitrogens with zero attached hydrogens (tertiary/aromatic N) is 1. The number of nitrogens with two attached hydrogens (primary N) is 1. The molecule has 0 aliphatic carbocycles. The van der Waals surface area contributed by atoms with Crippen LogP contribution in [0.4, 0.5) is 0 Å². The van der Waals surface area contributed by atoms with Crippen molar-refractivity contribution in [2.24, 2.45) is 11.7 Å². The van der Waals surface area contributed by atoms with Gasteiger partial charge >= 0.3 is 0 Å². The zero-order chi connectivity index (χ0) is 9.97. The third-order valence-electron chi connectivity index (χ3n) is 3.87. The van der Waals surface area contributed by atoms with Crippen LogP contribution in [0.5, 0.6) is 0 Å². The molecule has 0 aromatic carbocycles. The van der Waals surface area contributed by atoms with Gasteiger partial charge in [-0.05, 0) is 58.3 Å². The minimum Gasteiger partial charge on any atom is -0.326 e. The monoisotopic (exact) mass is 197 g/mol. The van der Waals surface area contributed by atoms with Crippen LogP contribution in [0.2, 0.25) is 0 Å². The SMILES string of the molecule is CN1CCC(C(N)C2CCCN2)CC1. The van der Waals surface area contributed by atoms with E-state index in [4.69, 9.17) is 5.73 Å². The molecular weight excluding hydrogens is 174 g/mol. The summed E-state index contributed by atoms with van der Waals surface area (Å²) in [4.78, 5) is 2.41. The molecule has 2 saturated heterocycles. The van der Waals surface area contributed by atoms with Crippen molar-refractivity contribution in [2.75, 3.05) is 26.7 Å². The minimum absolute atomic E-state index is 0.395. The van der Waals surface area contributed by atoms with E-state index < -0.39 is 0 Å². The molecule has 3 N–H and O–H groups in total. The molecule has 2 aliphatic heterocycles. The van der Waals surface area contributed by atoms with Crippen molar-refractivity contribution in [3.63, 3.8) is 0 Å². The first kappa shape index (κ1) is 10.4. The third kappa shape index (κ3) is 2.27. The van der Waals surface area contributed by atoms with Crippen LogP contribution < -0.4 is 11.1 Å². The lowest BCUT2D eigenvalue weighted by atomic mass is 9.85. The molecule has 2 rings (SSSR count). The average molecular weight is 197 g/mol. The molecule has 82 valence electrons. The number of hydrogen-bond acceptors (Lipinski definition) is 3. The highest BCUT2D eigenvalue weighted by Gasteiger charge is 2.29. The quantitative estimate of drug-likeness (QED) is 0.673. The number of piperidine rings is 1. The Labute approximate surface area is 87.0 Å². The molecule has 0 aromatic rings. The van der Waals surface area contributed by atoms with Crippen LogP contribution in [0.1, 0.15) is 25.7 Å². The van der Waals surface area contributed by atoms with Crippen molar-refractivity contribution in [3.05, 3.63) is 0 Å². The van der Waals surface area contributed by atoms with E-state index in [1.54, 1.807) is 0 Å². The summed E-state index contributed by atoms with van der Waals surface area (Å²) in [5.74, 6) is 0.752. The van der Waals surface area contributed by atoms with Crippen LogP contribution in [0.15, 0.2) is 0 Å². The Morgan fingerprint density at radius 1 is 1.29 bits per heavy atom. The first-order chi connectivity index (χ1) is 6.77. The largest absolute Gasteiger partial charge is 0.326 e. The van der Waals surface area contributed by atoms with E-state index in [-0.39, 0.29) is 0 Å². The van der Waals surface area contributed by atoms with E-state index in [1.165, 1.54) is 45.3 Å². The molecule has 2 aliphatic rings. The molecule has 0 bridgehead atoms. The molecule has 2 fully saturated rings. The predicted molar refractivity (Wildman–Crippen MR) is 59.2 cm³/mol.